The van der Waals surface area contributed by atoms with E-state index in [1.807, 2.05) is 7.05 Å². The monoisotopic (exact) mass is 215 g/mol. The summed E-state index contributed by atoms with van der Waals surface area (Å²) in [6.45, 7) is 4.43. The van der Waals surface area contributed by atoms with Crippen LogP contribution in [0.25, 0.3) is 0 Å². The number of imidazole rings is 1. The highest BCUT2D eigenvalue weighted by atomic mass is 35.5. The third kappa shape index (κ3) is 2.64. The SMILES string of the molecule is CC(C)CCCc1nc(N)n(C)c1Cl. The molecule has 3 nitrogen and oxygen atoms in total. The van der Waals surface area contributed by atoms with E-state index in [-0.39, 0.29) is 0 Å². The molecule has 0 aliphatic heterocycles. The fraction of sp³-hybridized carbons (Fsp3) is 0.700. The molecule has 0 atom stereocenters. The molecular formula is C10H18ClN3. The average Bonchev–Trinajstić information content (AvgIpc) is 2.33. The average molecular weight is 216 g/mol. The number of aromatic nitrogens is 2. The van der Waals surface area contributed by atoms with Crippen LogP contribution in [0, 0.1) is 5.92 Å². The van der Waals surface area contributed by atoms with Gasteiger partial charge < -0.3 is 10.3 Å². The summed E-state index contributed by atoms with van der Waals surface area (Å²) < 4.78 is 1.71. The molecular weight excluding hydrogens is 198 g/mol. The zero-order valence-corrected chi connectivity index (χ0v) is 9.80. The Morgan fingerprint density at radius 2 is 2.14 bits per heavy atom. The second-order valence-electron chi connectivity index (χ2n) is 4.05. The molecule has 80 valence electrons. The minimum atomic E-state index is 0.495. The number of aryl methyl sites for hydroxylation is 1. The van der Waals surface area contributed by atoms with E-state index in [9.17, 15) is 0 Å². The summed E-state index contributed by atoms with van der Waals surface area (Å²) in [7, 11) is 1.83. The van der Waals surface area contributed by atoms with Crippen molar-refractivity contribution in [2.24, 2.45) is 13.0 Å². The Morgan fingerprint density at radius 1 is 1.50 bits per heavy atom. The van der Waals surface area contributed by atoms with Crippen LogP contribution in [0.5, 0.6) is 0 Å². The summed E-state index contributed by atoms with van der Waals surface area (Å²) >= 11 is 6.05. The maximum absolute atomic E-state index is 6.05. The lowest BCUT2D eigenvalue weighted by molar-refractivity contribution is 0.553. The molecule has 1 aromatic heterocycles. The van der Waals surface area contributed by atoms with Crippen molar-refractivity contribution in [2.75, 3.05) is 5.73 Å². The number of hydrogen-bond acceptors (Lipinski definition) is 2. The van der Waals surface area contributed by atoms with Gasteiger partial charge in [-0.25, -0.2) is 4.98 Å². The van der Waals surface area contributed by atoms with Crippen LogP contribution in [0.15, 0.2) is 0 Å². The second kappa shape index (κ2) is 4.69. The van der Waals surface area contributed by atoms with Crippen molar-refractivity contribution >= 4 is 17.5 Å². The van der Waals surface area contributed by atoms with Gasteiger partial charge in [0.15, 0.2) is 0 Å². The fourth-order valence-corrected chi connectivity index (χ4v) is 1.61. The van der Waals surface area contributed by atoms with E-state index in [0.717, 1.165) is 24.5 Å². The molecule has 0 radical (unpaired) electrons. The van der Waals surface area contributed by atoms with Crippen molar-refractivity contribution < 1.29 is 0 Å². The van der Waals surface area contributed by atoms with Gasteiger partial charge in [-0.3, -0.25) is 0 Å². The molecule has 0 aliphatic rings. The molecule has 1 rings (SSSR count). The predicted octanol–water partition coefficient (Wildman–Crippen LogP) is 2.63. The topological polar surface area (TPSA) is 43.8 Å². The highest BCUT2D eigenvalue weighted by Gasteiger charge is 2.09. The van der Waals surface area contributed by atoms with E-state index in [1.165, 1.54) is 6.42 Å². The minimum Gasteiger partial charge on any atom is -0.369 e. The first-order chi connectivity index (χ1) is 6.52. The van der Waals surface area contributed by atoms with E-state index in [2.05, 4.69) is 18.8 Å². The summed E-state index contributed by atoms with van der Waals surface area (Å²) in [5.74, 6) is 1.23. The number of nitrogen functional groups attached to an aromatic ring is 1. The molecule has 0 amide bonds. The van der Waals surface area contributed by atoms with Crippen LogP contribution in [0.1, 0.15) is 32.4 Å². The van der Waals surface area contributed by atoms with Gasteiger partial charge in [0.1, 0.15) is 5.15 Å². The molecule has 4 heteroatoms. The zero-order chi connectivity index (χ0) is 10.7. The van der Waals surface area contributed by atoms with E-state index < -0.39 is 0 Å². The fourth-order valence-electron chi connectivity index (χ4n) is 1.39. The van der Waals surface area contributed by atoms with E-state index in [1.54, 1.807) is 4.57 Å². The number of halogens is 1. The third-order valence-electron chi connectivity index (χ3n) is 2.32. The first kappa shape index (κ1) is 11.4. The zero-order valence-electron chi connectivity index (χ0n) is 9.05. The molecule has 0 bridgehead atoms. The van der Waals surface area contributed by atoms with Gasteiger partial charge in [0.25, 0.3) is 0 Å². The van der Waals surface area contributed by atoms with Gasteiger partial charge in [0, 0.05) is 7.05 Å². The normalized spacial score (nSPS) is 11.2. The van der Waals surface area contributed by atoms with E-state index in [0.29, 0.717) is 11.1 Å². The highest BCUT2D eigenvalue weighted by molar-refractivity contribution is 6.30. The third-order valence-corrected chi connectivity index (χ3v) is 2.79. The van der Waals surface area contributed by atoms with Crippen LogP contribution in [-0.4, -0.2) is 9.55 Å². The lowest BCUT2D eigenvalue weighted by atomic mass is 10.1. The number of nitrogens with zero attached hydrogens (tertiary/aromatic N) is 2. The first-order valence-electron chi connectivity index (χ1n) is 4.99. The maximum Gasteiger partial charge on any atom is 0.201 e. The van der Waals surface area contributed by atoms with Crippen LogP contribution in [0.3, 0.4) is 0 Å². The largest absolute Gasteiger partial charge is 0.369 e. The molecule has 0 saturated carbocycles. The van der Waals surface area contributed by atoms with Gasteiger partial charge >= 0.3 is 0 Å². The molecule has 0 aromatic carbocycles. The van der Waals surface area contributed by atoms with Gasteiger partial charge in [-0.2, -0.15) is 0 Å². The molecule has 1 aromatic rings. The first-order valence-corrected chi connectivity index (χ1v) is 5.36. The Kier molecular flexibility index (Phi) is 3.81. The van der Waals surface area contributed by atoms with Gasteiger partial charge in [-0.15, -0.1) is 0 Å². The molecule has 0 saturated heterocycles. The molecule has 1 heterocycles. The van der Waals surface area contributed by atoms with Crippen molar-refractivity contribution in [1.82, 2.24) is 9.55 Å². The van der Waals surface area contributed by atoms with Crippen LogP contribution in [-0.2, 0) is 13.5 Å². The lowest BCUT2D eigenvalue weighted by Crippen LogP contribution is -1.96. The Balaban J connectivity index is 2.55. The van der Waals surface area contributed by atoms with Crippen LogP contribution >= 0.6 is 11.6 Å². The number of anilines is 1. The quantitative estimate of drug-likeness (QED) is 0.839. The Labute approximate surface area is 90.3 Å². The maximum atomic E-state index is 6.05. The smallest absolute Gasteiger partial charge is 0.201 e. The Hall–Kier alpha value is -0.700. The summed E-state index contributed by atoms with van der Waals surface area (Å²) in [5.41, 5.74) is 6.56. The van der Waals surface area contributed by atoms with Gasteiger partial charge in [0.05, 0.1) is 5.69 Å². The summed E-state index contributed by atoms with van der Waals surface area (Å²) in [6, 6.07) is 0. The number of rotatable bonds is 4. The van der Waals surface area contributed by atoms with Gasteiger partial charge in [0.2, 0.25) is 5.95 Å². The Morgan fingerprint density at radius 3 is 2.57 bits per heavy atom. The van der Waals surface area contributed by atoms with Crippen LogP contribution in [0.4, 0.5) is 5.95 Å². The summed E-state index contributed by atoms with van der Waals surface area (Å²) in [5, 5.41) is 0.672. The minimum absolute atomic E-state index is 0.495. The molecule has 0 spiro atoms. The van der Waals surface area contributed by atoms with Crippen LogP contribution < -0.4 is 5.73 Å². The predicted molar refractivity (Wildman–Crippen MR) is 60.4 cm³/mol. The van der Waals surface area contributed by atoms with Crippen molar-refractivity contribution in [2.45, 2.75) is 33.1 Å². The Bertz CT molecular complexity index is 305. The van der Waals surface area contributed by atoms with Crippen molar-refractivity contribution in [3.05, 3.63) is 10.8 Å². The highest BCUT2D eigenvalue weighted by Crippen LogP contribution is 2.20. The summed E-state index contributed by atoms with van der Waals surface area (Å²) in [6.07, 6.45) is 3.24. The number of hydrogen-bond donors (Lipinski definition) is 1. The molecule has 2 N–H and O–H groups in total. The van der Waals surface area contributed by atoms with Gasteiger partial charge in [-0.05, 0) is 18.8 Å². The van der Waals surface area contributed by atoms with Gasteiger partial charge in [-0.1, -0.05) is 31.9 Å². The van der Waals surface area contributed by atoms with Crippen LogP contribution in [0.2, 0.25) is 5.15 Å². The second-order valence-corrected chi connectivity index (χ2v) is 4.41. The molecule has 0 fully saturated rings. The van der Waals surface area contributed by atoms with Crippen molar-refractivity contribution in [3.8, 4) is 0 Å². The van der Waals surface area contributed by atoms with E-state index >= 15 is 0 Å². The molecule has 14 heavy (non-hydrogen) atoms. The molecule has 0 aliphatic carbocycles. The van der Waals surface area contributed by atoms with E-state index in [4.69, 9.17) is 17.3 Å². The lowest BCUT2D eigenvalue weighted by Gasteiger charge is -2.02. The number of nitrogens with two attached hydrogens (primary N) is 1. The van der Waals surface area contributed by atoms with Crippen molar-refractivity contribution in [1.29, 1.82) is 0 Å². The molecule has 0 unspecified atom stereocenters. The summed E-state index contributed by atoms with van der Waals surface area (Å²) in [4.78, 5) is 4.22. The standard InChI is InChI=1S/C10H18ClN3/c1-7(2)5-4-6-8-9(11)14(3)10(12)13-8/h7H,4-6H2,1-3H3,(H2,12,13). The van der Waals surface area contributed by atoms with Crippen molar-refractivity contribution in [3.63, 3.8) is 0 Å².